The third kappa shape index (κ3) is 4.76. The van der Waals surface area contributed by atoms with Gasteiger partial charge in [0.05, 0.1) is 12.6 Å². The molecule has 1 amide bonds. The van der Waals surface area contributed by atoms with Crippen LogP contribution < -0.4 is 10.6 Å². The summed E-state index contributed by atoms with van der Waals surface area (Å²) in [6.07, 6.45) is 0. The Labute approximate surface area is 121 Å². The molecule has 6 nitrogen and oxygen atoms in total. The van der Waals surface area contributed by atoms with Crippen molar-refractivity contribution in [1.82, 2.24) is 15.5 Å². The second-order valence-corrected chi connectivity index (χ2v) is 6.13. The molecular formula is C14H27N3O3. The Morgan fingerprint density at radius 3 is 2.65 bits per heavy atom. The molecule has 116 valence electrons. The quantitative estimate of drug-likeness (QED) is 0.718. The number of nitrogens with zero attached hydrogens (tertiary/aromatic N) is 1. The van der Waals surface area contributed by atoms with Gasteiger partial charge < -0.3 is 15.4 Å². The number of amides is 1. The van der Waals surface area contributed by atoms with Crippen LogP contribution >= 0.6 is 0 Å². The fraction of sp³-hybridized carbons (Fsp3) is 0.857. The van der Waals surface area contributed by atoms with Crippen molar-refractivity contribution >= 4 is 11.9 Å². The van der Waals surface area contributed by atoms with E-state index in [1.54, 1.807) is 6.92 Å². The minimum Gasteiger partial charge on any atom is -0.465 e. The van der Waals surface area contributed by atoms with Gasteiger partial charge in [-0.05, 0) is 34.6 Å². The number of rotatable bonds is 4. The summed E-state index contributed by atoms with van der Waals surface area (Å²) >= 11 is 0. The molecule has 0 aromatic carbocycles. The van der Waals surface area contributed by atoms with E-state index < -0.39 is 6.04 Å². The highest BCUT2D eigenvalue weighted by Gasteiger charge is 2.36. The van der Waals surface area contributed by atoms with Crippen LogP contribution in [-0.2, 0) is 14.3 Å². The zero-order valence-electron chi connectivity index (χ0n) is 13.2. The fourth-order valence-corrected chi connectivity index (χ4v) is 2.27. The summed E-state index contributed by atoms with van der Waals surface area (Å²) in [6.45, 7) is 11.7. The molecule has 20 heavy (non-hydrogen) atoms. The monoisotopic (exact) mass is 285 g/mol. The van der Waals surface area contributed by atoms with Gasteiger partial charge in [0.25, 0.3) is 0 Å². The third-order valence-electron chi connectivity index (χ3n) is 3.22. The number of hydrogen-bond acceptors (Lipinski definition) is 5. The normalized spacial score (nSPS) is 22.1. The number of carbonyl (C=O) groups is 2. The summed E-state index contributed by atoms with van der Waals surface area (Å²) in [5.74, 6) is -0.330. The minimum absolute atomic E-state index is 0.0614. The zero-order chi connectivity index (χ0) is 15.3. The fourth-order valence-electron chi connectivity index (χ4n) is 2.27. The first kappa shape index (κ1) is 16.9. The molecule has 0 aromatic heterocycles. The van der Waals surface area contributed by atoms with E-state index in [4.69, 9.17) is 4.74 Å². The number of carbonyl (C=O) groups excluding carboxylic acids is 2. The Balaban J connectivity index is 2.74. The lowest BCUT2D eigenvalue weighted by atomic mass is 10.1. The molecular weight excluding hydrogens is 258 g/mol. The number of ether oxygens (including phenoxy) is 1. The molecule has 0 saturated carbocycles. The maximum absolute atomic E-state index is 12.3. The van der Waals surface area contributed by atoms with E-state index in [2.05, 4.69) is 10.6 Å². The summed E-state index contributed by atoms with van der Waals surface area (Å²) in [4.78, 5) is 26.2. The van der Waals surface area contributed by atoms with E-state index in [-0.39, 0.29) is 23.5 Å². The second-order valence-electron chi connectivity index (χ2n) is 6.13. The van der Waals surface area contributed by atoms with Crippen LogP contribution in [0.25, 0.3) is 0 Å². The molecule has 6 heteroatoms. The van der Waals surface area contributed by atoms with Crippen molar-refractivity contribution in [3.8, 4) is 0 Å². The third-order valence-corrected chi connectivity index (χ3v) is 3.22. The molecule has 0 bridgehead atoms. The molecule has 0 aliphatic carbocycles. The van der Waals surface area contributed by atoms with Crippen molar-refractivity contribution in [2.75, 3.05) is 26.2 Å². The molecule has 1 rings (SSSR count). The largest absolute Gasteiger partial charge is 0.465 e. The molecule has 1 aliphatic rings. The van der Waals surface area contributed by atoms with Crippen LogP contribution in [0.4, 0.5) is 0 Å². The van der Waals surface area contributed by atoms with Gasteiger partial charge in [0.1, 0.15) is 6.04 Å². The van der Waals surface area contributed by atoms with Gasteiger partial charge >= 0.3 is 5.97 Å². The van der Waals surface area contributed by atoms with Crippen molar-refractivity contribution in [2.24, 2.45) is 0 Å². The highest BCUT2D eigenvalue weighted by molar-refractivity contribution is 5.83. The van der Waals surface area contributed by atoms with Crippen molar-refractivity contribution in [3.63, 3.8) is 0 Å². The van der Waals surface area contributed by atoms with Crippen LogP contribution in [0.3, 0.4) is 0 Å². The smallest absolute Gasteiger partial charge is 0.324 e. The summed E-state index contributed by atoms with van der Waals surface area (Å²) in [6, 6.07) is -0.754. The summed E-state index contributed by atoms with van der Waals surface area (Å²) in [5.41, 5.74) is -0.279. The summed E-state index contributed by atoms with van der Waals surface area (Å²) < 4.78 is 5.09. The highest BCUT2D eigenvalue weighted by atomic mass is 16.5. The van der Waals surface area contributed by atoms with E-state index in [0.717, 1.165) is 6.54 Å². The van der Waals surface area contributed by atoms with Gasteiger partial charge in [0.2, 0.25) is 5.91 Å². The Morgan fingerprint density at radius 1 is 1.45 bits per heavy atom. The van der Waals surface area contributed by atoms with Crippen LogP contribution in [0, 0.1) is 0 Å². The lowest BCUT2D eigenvalue weighted by molar-refractivity contribution is -0.152. The van der Waals surface area contributed by atoms with Crippen molar-refractivity contribution in [1.29, 1.82) is 0 Å². The Bertz CT molecular complexity index is 352. The van der Waals surface area contributed by atoms with E-state index >= 15 is 0 Å². The first-order chi connectivity index (χ1) is 9.26. The number of nitrogens with one attached hydrogen (secondary N) is 2. The molecule has 2 atom stereocenters. The predicted octanol–water partition coefficient (Wildman–Crippen LogP) is 0.127. The SMILES string of the molecule is CCOC(=O)C1CNCCN1C(C)C(=O)NC(C)(C)C. The lowest BCUT2D eigenvalue weighted by Gasteiger charge is -2.38. The number of esters is 1. The van der Waals surface area contributed by atoms with Gasteiger partial charge in [-0.2, -0.15) is 0 Å². The van der Waals surface area contributed by atoms with Crippen LogP contribution in [0.1, 0.15) is 34.6 Å². The molecule has 1 saturated heterocycles. The van der Waals surface area contributed by atoms with Crippen molar-refractivity contribution in [2.45, 2.75) is 52.2 Å². The zero-order valence-corrected chi connectivity index (χ0v) is 13.2. The van der Waals surface area contributed by atoms with Gasteiger partial charge in [-0.3, -0.25) is 14.5 Å². The maximum atomic E-state index is 12.3. The minimum atomic E-state index is -0.399. The van der Waals surface area contributed by atoms with Gasteiger partial charge in [-0.1, -0.05) is 0 Å². The number of hydrogen-bond donors (Lipinski definition) is 2. The molecule has 2 unspecified atom stereocenters. The topological polar surface area (TPSA) is 70.7 Å². The van der Waals surface area contributed by atoms with E-state index in [1.807, 2.05) is 32.6 Å². The second kappa shape index (κ2) is 7.04. The van der Waals surface area contributed by atoms with Crippen LogP contribution in [0.2, 0.25) is 0 Å². The lowest BCUT2D eigenvalue weighted by Crippen LogP contribution is -2.62. The standard InChI is InChI=1S/C14H27N3O3/c1-6-20-13(19)11-9-15-7-8-17(11)10(2)12(18)16-14(3,4)5/h10-11,15H,6-9H2,1-5H3,(H,16,18). The highest BCUT2D eigenvalue weighted by Crippen LogP contribution is 2.12. The average molecular weight is 285 g/mol. The first-order valence-corrected chi connectivity index (χ1v) is 7.21. The predicted molar refractivity (Wildman–Crippen MR) is 77.4 cm³/mol. The van der Waals surface area contributed by atoms with Crippen molar-refractivity contribution in [3.05, 3.63) is 0 Å². The summed E-state index contributed by atoms with van der Waals surface area (Å²) in [7, 11) is 0. The molecule has 2 N–H and O–H groups in total. The number of piperazine rings is 1. The average Bonchev–Trinajstić information content (AvgIpc) is 2.36. The van der Waals surface area contributed by atoms with Gasteiger partial charge in [0.15, 0.2) is 0 Å². The van der Waals surface area contributed by atoms with Crippen LogP contribution in [0.15, 0.2) is 0 Å². The van der Waals surface area contributed by atoms with Crippen LogP contribution in [0.5, 0.6) is 0 Å². The molecule has 1 fully saturated rings. The molecule has 0 spiro atoms. The molecule has 1 heterocycles. The van der Waals surface area contributed by atoms with E-state index in [9.17, 15) is 9.59 Å². The van der Waals surface area contributed by atoms with Gasteiger partial charge in [-0.15, -0.1) is 0 Å². The summed E-state index contributed by atoms with van der Waals surface area (Å²) in [5, 5.41) is 6.13. The van der Waals surface area contributed by atoms with Gasteiger partial charge in [0, 0.05) is 25.2 Å². The van der Waals surface area contributed by atoms with Crippen molar-refractivity contribution < 1.29 is 14.3 Å². The molecule has 1 aliphatic heterocycles. The van der Waals surface area contributed by atoms with E-state index in [0.29, 0.717) is 19.7 Å². The van der Waals surface area contributed by atoms with E-state index in [1.165, 1.54) is 0 Å². The Kier molecular flexibility index (Phi) is 5.95. The van der Waals surface area contributed by atoms with Gasteiger partial charge in [-0.25, -0.2) is 0 Å². The Morgan fingerprint density at radius 2 is 2.10 bits per heavy atom. The maximum Gasteiger partial charge on any atom is 0.324 e. The van der Waals surface area contributed by atoms with Crippen LogP contribution in [-0.4, -0.2) is 60.6 Å². The Hall–Kier alpha value is -1.14. The first-order valence-electron chi connectivity index (χ1n) is 7.21. The molecule has 0 radical (unpaired) electrons. The molecule has 0 aromatic rings.